The van der Waals surface area contributed by atoms with Gasteiger partial charge in [0.15, 0.2) is 5.84 Å². The van der Waals surface area contributed by atoms with Gasteiger partial charge in [-0.1, -0.05) is 12.1 Å². The number of carbonyl (C=O) groups is 1. The Bertz CT molecular complexity index is 250. The highest BCUT2D eigenvalue weighted by Crippen LogP contribution is 2.18. The average Bonchev–Trinajstić information content (AvgIpc) is 3.00. The van der Waals surface area contributed by atoms with Crippen LogP contribution in [0.4, 0.5) is 4.79 Å². The van der Waals surface area contributed by atoms with Crippen molar-refractivity contribution in [3.8, 4) is 0 Å². The molecular weight excluding hydrogens is 196 g/mol. The first-order chi connectivity index (χ1) is 7.17. The predicted octanol–water partition coefficient (Wildman–Crippen LogP) is 0.317. The zero-order valence-electron chi connectivity index (χ0n) is 8.94. The molecule has 0 radical (unpaired) electrons. The lowest BCUT2D eigenvalue weighted by atomic mass is 10.4. The number of nitrogens with one attached hydrogen (secondary N) is 1. The fourth-order valence-corrected chi connectivity index (χ4v) is 1.24. The minimum Gasteiger partial charge on any atom is -0.409 e. The van der Waals surface area contributed by atoms with Crippen LogP contribution in [0.15, 0.2) is 5.16 Å². The van der Waals surface area contributed by atoms with Gasteiger partial charge in [0.25, 0.3) is 0 Å². The van der Waals surface area contributed by atoms with Crippen LogP contribution in [-0.4, -0.2) is 41.1 Å². The largest absolute Gasteiger partial charge is 0.409 e. The number of nitrogens with two attached hydrogens (primary N) is 1. The molecule has 6 nitrogen and oxygen atoms in total. The molecule has 1 aliphatic rings. The number of oxime groups is 1. The SMILES string of the molecule is CCCN(CC(N)=NO)C(=O)NC1CC1. The lowest BCUT2D eigenvalue weighted by Crippen LogP contribution is -2.45. The smallest absolute Gasteiger partial charge is 0.318 e. The molecule has 2 amide bonds. The molecule has 4 N–H and O–H groups in total. The normalized spacial score (nSPS) is 16.2. The number of carbonyl (C=O) groups excluding carboxylic acids is 1. The van der Waals surface area contributed by atoms with Crippen molar-refractivity contribution in [2.24, 2.45) is 10.9 Å². The summed E-state index contributed by atoms with van der Waals surface area (Å²) in [5, 5.41) is 14.2. The highest BCUT2D eigenvalue weighted by molar-refractivity contribution is 5.86. The Morgan fingerprint density at radius 2 is 2.33 bits per heavy atom. The predicted molar refractivity (Wildman–Crippen MR) is 56.8 cm³/mol. The van der Waals surface area contributed by atoms with Crippen molar-refractivity contribution < 1.29 is 10.0 Å². The Hall–Kier alpha value is -1.46. The molecule has 0 aromatic heterocycles. The second-order valence-corrected chi connectivity index (χ2v) is 3.74. The van der Waals surface area contributed by atoms with E-state index in [4.69, 9.17) is 10.9 Å². The number of rotatable bonds is 5. The third-order valence-electron chi connectivity index (χ3n) is 2.17. The fourth-order valence-electron chi connectivity index (χ4n) is 1.24. The Balaban J connectivity index is 2.43. The molecule has 15 heavy (non-hydrogen) atoms. The average molecular weight is 214 g/mol. The van der Waals surface area contributed by atoms with Gasteiger partial charge >= 0.3 is 6.03 Å². The van der Waals surface area contributed by atoms with Gasteiger partial charge < -0.3 is 21.2 Å². The molecule has 0 bridgehead atoms. The number of hydrogen-bond donors (Lipinski definition) is 3. The standard InChI is InChI=1S/C9H18N4O2/c1-2-5-13(6-8(10)12-15)9(14)11-7-3-4-7/h7,15H,2-6H2,1H3,(H2,10,12)(H,11,14). The maximum atomic E-state index is 11.7. The van der Waals surface area contributed by atoms with Crippen LogP contribution in [0.5, 0.6) is 0 Å². The Morgan fingerprint density at radius 3 is 2.80 bits per heavy atom. The second-order valence-electron chi connectivity index (χ2n) is 3.74. The first-order valence-electron chi connectivity index (χ1n) is 5.19. The van der Waals surface area contributed by atoms with Crippen molar-refractivity contribution in [1.82, 2.24) is 10.2 Å². The van der Waals surface area contributed by atoms with Crippen LogP contribution in [0.25, 0.3) is 0 Å². The molecule has 0 aliphatic heterocycles. The van der Waals surface area contributed by atoms with Crippen molar-refractivity contribution in [2.45, 2.75) is 32.2 Å². The lowest BCUT2D eigenvalue weighted by Gasteiger charge is -2.21. The number of hydrogen-bond acceptors (Lipinski definition) is 3. The molecule has 0 unspecified atom stereocenters. The van der Waals surface area contributed by atoms with Gasteiger partial charge in [-0.15, -0.1) is 0 Å². The summed E-state index contributed by atoms with van der Waals surface area (Å²) in [4.78, 5) is 13.2. The van der Waals surface area contributed by atoms with E-state index in [0.29, 0.717) is 12.6 Å². The Labute approximate surface area is 89.1 Å². The van der Waals surface area contributed by atoms with Gasteiger partial charge in [0.2, 0.25) is 0 Å². The van der Waals surface area contributed by atoms with Crippen molar-refractivity contribution in [2.75, 3.05) is 13.1 Å². The summed E-state index contributed by atoms with van der Waals surface area (Å²) in [5.41, 5.74) is 5.37. The molecule has 0 saturated heterocycles. The maximum Gasteiger partial charge on any atom is 0.318 e. The van der Waals surface area contributed by atoms with E-state index in [1.807, 2.05) is 6.92 Å². The zero-order valence-corrected chi connectivity index (χ0v) is 8.94. The molecule has 1 aliphatic carbocycles. The zero-order chi connectivity index (χ0) is 11.3. The molecule has 0 spiro atoms. The Morgan fingerprint density at radius 1 is 1.67 bits per heavy atom. The minimum absolute atomic E-state index is 0.0504. The van der Waals surface area contributed by atoms with Crippen LogP contribution in [-0.2, 0) is 0 Å². The summed E-state index contributed by atoms with van der Waals surface area (Å²) in [5.74, 6) is 0.0504. The van der Waals surface area contributed by atoms with Gasteiger partial charge in [0.05, 0.1) is 6.54 Å². The molecule has 0 atom stereocenters. The molecule has 0 aromatic rings. The van der Waals surface area contributed by atoms with Crippen LogP contribution < -0.4 is 11.1 Å². The molecular formula is C9H18N4O2. The molecule has 0 heterocycles. The van der Waals surface area contributed by atoms with Crippen LogP contribution in [0, 0.1) is 0 Å². The van der Waals surface area contributed by atoms with E-state index in [2.05, 4.69) is 10.5 Å². The Kier molecular flexibility index (Phi) is 4.20. The van der Waals surface area contributed by atoms with E-state index in [0.717, 1.165) is 19.3 Å². The summed E-state index contributed by atoms with van der Waals surface area (Å²) < 4.78 is 0. The van der Waals surface area contributed by atoms with Gasteiger partial charge in [-0.3, -0.25) is 0 Å². The summed E-state index contributed by atoms with van der Waals surface area (Å²) >= 11 is 0. The summed E-state index contributed by atoms with van der Waals surface area (Å²) in [6.45, 7) is 2.75. The van der Waals surface area contributed by atoms with Crippen molar-refractivity contribution >= 4 is 11.9 Å². The van der Waals surface area contributed by atoms with Gasteiger partial charge in [-0.05, 0) is 19.3 Å². The number of amides is 2. The summed E-state index contributed by atoms with van der Waals surface area (Å²) in [6, 6.07) is 0.190. The molecule has 1 rings (SSSR count). The number of amidine groups is 1. The summed E-state index contributed by atoms with van der Waals surface area (Å²) in [6.07, 6.45) is 2.95. The van der Waals surface area contributed by atoms with Gasteiger partial charge in [0, 0.05) is 12.6 Å². The van der Waals surface area contributed by atoms with E-state index in [1.165, 1.54) is 0 Å². The topological polar surface area (TPSA) is 90.9 Å². The van der Waals surface area contributed by atoms with E-state index in [9.17, 15) is 4.79 Å². The van der Waals surface area contributed by atoms with Crippen LogP contribution >= 0.6 is 0 Å². The molecule has 6 heteroatoms. The van der Waals surface area contributed by atoms with E-state index >= 15 is 0 Å². The van der Waals surface area contributed by atoms with E-state index in [1.54, 1.807) is 4.90 Å². The number of nitrogens with zero attached hydrogens (tertiary/aromatic N) is 2. The van der Waals surface area contributed by atoms with Crippen molar-refractivity contribution in [3.63, 3.8) is 0 Å². The second kappa shape index (κ2) is 5.43. The first-order valence-corrected chi connectivity index (χ1v) is 5.19. The van der Waals surface area contributed by atoms with Crippen molar-refractivity contribution in [1.29, 1.82) is 0 Å². The van der Waals surface area contributed by atoms with Crippen LogP contribution in [0.1, 0.15) is 26.2 Å². The van der Waals surface area contributed by atoms with Gasteiger partial charge in [-0.2, -0.15) is 0 Å². The van der Waals surface area contributed by atoms with Crippen LogP contribution in [0.3, 0.4) is 0 Å². The fraction of sp³-hybridized carbons (Fsp3) is 0.778. The van der Waals surface area contributed by atoms with Gasteiger partial charge in [0.1, 0.15) is 0 Å². The highest BCUT2D eigenvalue weighted by Gasteiger charge is 2.25. The molecule has 1 fully saturated rings. The van der Waals surface area contributed by atoms with E-state index in [-0.39, 0.29) is 18.4 Å². The molecule has 1 saturated carbocycles. The first kappa shape index (κ1) is 11.6. The minimum atomic E-state index is -0.133. The maximum absolute atomic E-state index is 11.7. The van der Waals surface area contributed by atoms with Crippen molar-refractivity contribution in [3.05, 3.63) is 0 Å². The quantitative estimate of drug-likeness (QED) is 0.266. The monoisotopic (exact) mass is 214 g/mol. The highest BCUT2D eigenvalue weighted by atomic mass is 16.4. The van der Waals surface area contributed by atoms with E-state index < -0.39 is 0 Å². The van der Waals surface area contributed by atoms with Crippen LogP contribution in [0.2, 0.25) is 0 Å². The third kappa shape index (κ3) is 4.05. The lowest BCUT2D eigenvalue weighted by molar-refractivity contribution is 0.203. The van der Waals surface area contributed by atoms with Gasteiger partial charge in [-0.25, -0.2) is 4.79 Å². The molecule has 0 aromatic carbocycles. The third-order valence-corrected chi connectivity index (χ3v) is 2.17. The number of urea groups is 1. The molecule has 86 valence electrons. The summed E-state index contributed by atoms with van der Waals surface area (Å²) in [7, 11) is 0.